The van der Waals surface area contributed by atoms with Crippen LogP contribution in [0.15, 0.2) is 0 Å². The van der Waals surface area contributed by atoms with Gasteiger partial charge in [0.15, 0.2) is 11.6 Å². The van der Waals surface area contributed by atoms with Crippen LogP contribution in [0.25, 0.3) is 0 Å². The van der Waals surface area contributed by atoms with E-state index in [1.165, 1.54) is 13.8 Å². The Hall–Kier alpha value is -3.16. The van der Waals surface area contributed by atoms with E-state index in [2.05, 4.69) is 15.3 Å². The number of nitrogens with zero attached hydrogens (tertiary/aromatic N) is 1. The first-order chi connectivity index (χ1) is 14.5. The molecule has 2 aromatic heterocycles. The zero-order valence-electron chi connectivity index (χ0n) is 19.0. The number of H-pyrrole nitrogens is 2. The van der Waals surface area contributed by atoms with E-state index in [0.29, 0.717) is 51.6 Å². The lowest BCUT2D eigenvalue weighted by Gasteiger charge is -2.22. The molecule has 1 aliphatic rings. The molecule has 3 rings (SSSR count). The quantitative estimate of drug-likeness (QED) is 0.563. The number of hydrogen-bond acceptors (Lipinski definition) is 4. The molecule has 2 amide bonds. The number of ketones is 2. The second-order valence-electron chi connectivity index (χ2n) is 8.35. The van der Waals surface area contributed by atoms with Crippen molar-refractivity contribution in [1.29, 1.82) is 0 Å². The normalized spacial score (nSPS) is 13.2. The van der Waals surface area contributed by atoms with Gasteiger partial charge in [-0.25, -0.2) is 0 Å². The highest BCUT2D eigenvalue weighted by molar-refractivity contribution is 6.03. The third-order valence-corrected chi connectivity index (χ3v) is 5.91. The van der Waals surface area contributed by atoms with Gasteiger partial charge in [-0.2, -0.15) is 0 Å². The SMILES string of the molecule is CC(=O)c1c(C)[nH]c(C(=O)NCCN(C(=O)c2[nH]c(C)c(C(C)=O)c2C)C2CC2)c1C. The maximum absolute atomic E-state index is 13.2. The average molecular weight is 427 g/mol. The second-order valence-corrected chi connectivity index (χ2v) is 8.35. The molecule has 1 aliphatic carbocycles. The second kappa shape index (κ2) is 8.53. The van der Waals surface area contributed by atoms with Gasteiger partial charge < -0.3 is 20.2 Å². The molecule has 0 aliphatic heterocycles. The van der Waals surface area contributed by atoms with Crippen molar-refractivity contribution in [3.05, 3.63) is 45.0 Å². The summed E-state index contributed by atoms with van der Waals surface area (Å²) >= 11 is 0. The minimum Gasteiger partial charge on any atom is -0.354 e. The minimum atomic E-state index is -0.304. The van der Waals surface area contributed by atoms with Gasteiger partial charge in [-0.1, -0.05) is 0 Å². The van der Waals surface area contributed by atoms with E-state index < -0.39 is 0 Å². The highest BCUT2D eigenvalue weighted by Gasteiger charge is 2.35. The molecule has 0 radical (unpaired) electrons. The number of carbonyl (C=O) groups excluding carboxylic acids is 4. The van der Waals surface area contributed by atoms with Crippen LogP contribution in [-0.2, 0) is 0 Å². The van der Waals surface area contributed by atoms with Gasteiger partial charge in [-0.3, -0.25) is 19.2 Å². The topological polar surface area (TPSA) is 115 Å². The fourth-order valence-electron chi connectivity index (χ4n) is 4.36. The molecule has 0 unspecified atom stereocenters. The lowest BCUT2D eigenvalue weighted by atomic mass is 10.1. The molecule has 0 spiro atoms. The van der Waals surface area contributed by atoms with Crippen LogP contribution in [-0.4, -0.2) is 57.4 Å². The molecule has 166 valence electrons. The number of aryl methyl sites for hydroxylation is 2. The minimum absolute atomic E-state index is 0.0722. The van der Waals surface area contributed by atoms with Crippen LogP contribution in [0.1, 0.15) is 90.9 Å². The number of aromatic amines is 2. The smallest absolute Gasteiger partial charge is 0.270 e. The summed E-state index contributed by atoms with van der Waals surface area (Å²) in [6.45, 7) is 10.7. The van der Waals surface area contributed by atoms with Crippen molar-refractivity contribution in [2.24, 2.45) is 0 Å². The van der Waals surface area contributed by atoms with Crippen LogP contribution in [0, 0.1) is 27.7 Å². The fraction of sp³-hybridized carbons (Fsp3) is 0.478. The summed E-state index contributed by atoms with van der Waals surface area (Å²) in [4.78, 5) is 57.3. The first-order valence-corrected chi connectivity index (χ1v) is 10.5. The van der Waals surface area contributed by atoms with E-state index in [-0.39, 0.29) is 36.0 Å². The molecule has 1 saturated carbocycles. The Morgan fingerprint density at radius 2 is 1.35 bits per heavy atom. The Balaban J connectivity index is 1.70. The number of amides is 2. The van der Waals surface area contributed by atoms with E-state index in [1.807, 2.05) is 0 Å². The molecule has 2 heterocycles. The number of carbonyl (C=O) groups is 4. The highest BCUT2D eigenvalue weighted by Crippen LogP contribution is 2.29. The molecule has 2 aromatic rings. The van der Waals surface area contributed by atoms with Crippen LogP contribution < -0.4 is 5.32 Å². The number of aromatic nitrogens is 2. The molecule has 3 N–H and O–H groups in total. The summed E-state index contributed by atoms with van der Waals surface area (Å²) in [5, 5.41) is 2.85. The van der Waals surface area contributed by atoms with Crippen molar-refractivity contribution in [3.63, 3.8) is 0 Å². The lowest BCUT2D eigenvalue weighted by Crippen LogP contribution is -2.40. The largest absolute Gasteiger partial charge is 0.354 e. The summed E-state index contributed by atoms with van der Waals surface area (Å²) in [7, 11) is 0. The molecule has 31 heavy (non-hydrogen) atoms. The van der Waals surface area contributed by atoms with Crippen molar-refractivity contribution < 1.29 is 19.2 Å². The van der Waals surface area contributed by atoms with E-state index in [1.54, 1.807) is 32.6 Å². The predicted octanol–water partition coefficient (Wildman–Crippen LogP) is 3.02. The summed E-state index contributed by atoms with van der Waals surface area (Å²) in [5.41, 5.74) is 4.56. The lowest BCUT2D eigenvalue weighted by molar-refractivity contribution is 0.0730. The standard InChI is InChI=1S/C23H30N4O4/c1-11-18(15(5)28)13(3)25-20(11)22(30)24-9-10-27(17-7-8-17)23(31)21-12(2)19(16(6)29)14(4)26-21/h17,25-26H,7-10H2,1-6H3,(H,24,30). The van der Waals surface area contributed by atoms with Crippen LogP contribution in [0.5, 0.6) is 0 Å². The first kappa shape index (κ1) is 22.5. The molecule has 1 fully saturated rings. The first-order valence-electron chi connectivity index (χ1n) is 10.5. The summed E-state index contributed by atoms with van der Waals surface area (Å²) < 4.78 is 0. The fourth-order valence-corrected chi connectivity index (χ4v) is 4.36. The van der Waals surface area contributed by atoms with Crippen LogP contribution in [0.4, 0.5) is 0 Å². The molecule has 0 bridgehead atoms. The Bertz CT molecular complexity index is 1070. The summed E-state index contributed by atoms with van der Waals surface area (Å²) in [5.74, 6) is -0.618. The number of Topliss-reactive ketones (excluding diaryl/α,β-unsaturated/α-hetero) is 2. The van der Waals surface area contributed by atoms with Crippen molar-refractivity contribution in [1.82, 2.24) is 20.2 Å². The zero-order chi connectivity index (χ0) is 23.0. The third-order valence-electron chi connectivity index (χ3n) is 5.91. The van der Waals surface area contributed by atoms with Crippen LogP contribution in [0.2, 0.25) is 0 Å². The van der Waals surface area contributed by atoms with Gasteiger partial charge in [-0.15, -0.1) is 0 Å². The van der Waals surface area contributed by atoms with Gasteiger partial charge in [0.25, 0.3) is 11.8 Å². The van der Waals surface area contributed by atoms with Gasteiger partial charge in [-0.05, 0) is 65.5 Å². The van der Waals surface area contributed by atoms with Crippen LogP contribution in [0.3, 0.4) is 0 Å². The van der Waals surface area contributed by atoms with Gasteiger partial charge in [0.1, 0.15) is 11.4 Å². The Labute approximate surface area is 181 Å². The monoisotopic (exact) mass is 426 g/mol. The molecular weight excluding hydrogens is 396 g/mol. The van der Waals surface area contributed by atoms with Crippen LogP contribution >= 0.6 is 0 Å². The molecule has 0 aromatic carbocycles. The van der Waals surface area contributed by atoms with Gasteiger partial charge >= 0.3 is 0 Å². The molecule has 0 atom stereocenters. The Morgan fingerprint density at radius 1 is 0.871 bits per heavy atom. The van der Waals surface area contributed by atoms with E-state index in [9.17, 15) is 19.2 Å². The van der Waals surface area contributed by atoms with Gasteiger partial charge in [0.05, 0.1) is 0 Å². The predicted molar refractivity (Wildman–Crippen MR) is 117 cm³/mol. The molecular formula is C23H30N4O4. The van der Waals surface area contributed by atoms with Crippen molar-refractivity contribution in [3.8, 4) is 0 Å². The Kier molecular flexibility index (Phi) is 6.20. The van der Waals surface area contributed by atoms with Crippen molar-refractivity contribution in [2.75, 3.05) is 13.1 Å². The summed E-state index contributed by atoms with van der Waals surface area (Å²) in [6.07, 6.45) is 1.85. The third kappa shape index (κ3) is 4.33. The average Bonchev–Trinajstić information content (AvgIpc) is 3.40. The van der Waals surface area contributed by atoms with E-state index in [0.717, 1.165) is 12.8 Å². The number of rotatable bonds is 8. The molecule has 8 heteroatoms. The highest BCUT2D eigenvalue weighted by atomic mass is 16.2. The zero-order valence-corrected chi connectivity index (χ0v) is 19.0. The molecule has 0 saturated heterocycles. The number of hydrogen-bond donors (Lipinski definition) is 3. The maximum Gasteiger partial charge on any atom is 0.270 e. The molecule has 8 nitrogen and oxygen atoms in total. The van der Waals surface area contributed by atoms with Crippen molar-refractivity contribution in [2.45, 2.75) is 60.4 Å². The van der Waals surface area contributed by atoms with Gasteiger partial charge in [0, 0.05) is 41.6 Å². The van der Waals surface area contributed by atoms with Crippen molar-refractivity contribution >= 4 is 23.4 Å². The van der Waals surface area contributed by atoms with E-state index in [4.69, 9.17) is 0 Å². The maximum atomic E-state index is 13.2. The number of nitrogens with one attached hydrogen (secondary N) is 3. The summed E-state index contributed by atoms with van der Waals surface area (Å²) in [6, 6.07) is 0.145. The van der Waals surface area contributed by atoms with E-state index >= 15 is 0 Å². The van der Waals surface area contributed by atoms with Gasteiger partial charge in [0.2, 0.25) is 0 Å². The Morgan fingerprint density at radius 3 is 1.81 bits per heavy atom.